The third kappa shape index (κ3) is 4.52. The number of alkyl halides is 3. The molecule has 0 radical (unpaired) electrons. The van der Waals surface area contributed by atoms with E-state index in [2.05, 4.69) is 32.5 Å². The van der Waals surface area contributed by atoms with E-state index in [0.717, 1.165) is 17.3 Å². The second-order valence-electron chi connectivity index (χ2n) is 7.86. The molecular weight excluding hydrogens is 439 g/mol. The molecule has 0 bridgehead atoms. The molecule has 4 aromatic rings. The van der Waals surface area contributed by atoms with Crippen LogP contribution in [-0.4, -0.2) is 34.3 Å². The van der Waals surface area contributed by atoms with Gasteiger partial charge in [0, 0.05) is 17.8 Å². The van der Waals surface area contributed by atoms with Gasteiger partial charge < -0.3 is 0 Å². The number of benzene rings is 1. The van der Waals surface area contributed by atoms with Crippen molar-refractivity contribution < 1.29 is 13.2 Å². The topological polar surface area (TPSA) is 69.2 Å². The number of nitrogens with zero attached hydrogens (tertiary/aromatic N) is 6. The summed E-state index contributed by atoms with van der Waals surface area (Å²) in [5, 5.41) is 15.2. The lowest BCUT2D eigenvalue weighted by atomic mass is 10.1. The van der Waals surface area contributed by atoms with Crippen molar-refractivity contribution in [1.82, 2.24) is 34.3 Å². The maximum absolute atomic E-state index is 13.0. The van der Waals surface area contributed by atoms with Gasteiger partial charge in [-0.15, -0.1) is 0 Å². The number of aryl methyl sites for hydroxylation is 2. The molecule has 0 fully saturated rings. The van der Waals surface area contributed by atoms with Crippen LogP contribution < -0.4 is 0 Å². The molecule has 0 aliphatic rings. The average molecular weight is 462 g/mol. The molecule has 1 aromatic carbocycles. The third-order valence-electron chi connectivity index (χ3n) is 5.20. The zero-order valence-electron chi connectivity index (χ0n) is 17.8. The molecule has 32 heavy (non-hydrogen) atoms. The molecule has 7 nitrogen and oxygen atoms in total. The predicted octanol–water partition coefficient (Wildman–Crippen LogP) is 4.81. The lowest BCUT2D eigenvalue weighted by Gasteiger charge is -2.13. The Hall–Kier alpha value is -3.21. The van der Waals surface area contributed by atoms with Crippen LogP contribution in [-0.2, 0) is 19.3 Å². The van der Waals surface area contributed by atoms with Crippen molar-refractivity contribution in [3.8, 4) is 5.69 Å². The van der Waals surface area contributed by atoms with E-state index in [1.54, 1.807) is 22.4 Å². The van der Waals surface area contributed by atoms with Crippen LogP contribution in [0.5, 0.6) is 0 Å². The van der Waals surface area contributed by atoms with E-state index < -0.39 is 11.9 Å². The highest BCUT2D eigenvalue weighted by molar-refractivity contribution is 7.71. The molecule has 168 valence electrons. The maximum Gasteiger partial charge on any atom is 0.435 e. The second kappa shape index (κ2) is 8.38. The van der Waals surface area contributed by atoms with Crippen molar-refractivity contribution in [3.63, 3.8) is 0 Å². The van der Waals surface area contributed by atoms with Gasteiger partial charge >= 0.3 is 6.18 Å². The fourth-order valence-corrected chi connectivity index (χ4v) is 3.74. The molecule has 4 rings (SSSR count). The molecule has 0 unspecified atom stereocenters. The van der Waals surface area contributed by atoms with Gasteiger partial charge in [0.05, 0.1) is 25.0 Å². The molecule has 1 atom stereocenters. The third-order valence-corrected chi connectivity index (χ3v) is 5.47. The number of hydrogen-bond donors (Lipinski definition) is 1. The summed E-state index contributed by atoms with van der Waals surface area (Å²) in [5.41, 5.74) is 2.55. The molecule has 0 aliphatic carbocycles. The van der Waals surface area contributed by atoms with Crippen LogP contribution in [0.3, 0.4) is 0 Å². The van der Waals surface area contributed by atoms with Gasteiger partial charge in [0.1, 0.15) is 5.82 Å². The Bertz CT molecular complexity index is 1280. The van der Waals surface area contributed by atoms with Gasteiger partial charge in [0.2, 0.25) is 0 Å². The lowest BCUT2D eigenvalue weighted by Crippen LogP contribution is -2.15. The first-order chi connectivity index (χ1) is 15.1. The van der Waals surface area contributed by atoms with Crippen LogP contribution >= 0.6 is 12.2 Å². The van der Waals surface area contributed by atoms with E-state index in [9.17, 15) is 13.2 Å². The monoisotopic (exact) mass is 461 g/mol. The minimum absolute atomic E-state index is 0.221. The molecule has 11 heteroatoms. The van der Waals surface area contributed by atoms with Crippen LogP contribution in [0.15, 0.2) is 42.7 Å². The number of hydrogen-bond acceptors (Lipinski definition) is 4. The molecule has 0 saturated carbocycles. The fourth-order valence-electron chi connectivity index (χ4n) is 3.50. The summed E-state index contributed by atoms with van der Waals surface area (Å²) in [6.45, 7) is 6.32. The van der Waals surface area contributed by atoms with Gasteiger partial charge in [0.15, 0.2) is 10.5 Å². The molecule has 0 spiro atoms. The van der Waals surface area contributed by atoms with Crippen LogP contribution in [0.25, 0.3) is 5.69 Å². The Kier molecular flexibility index (Phi) is 5.76. The fraction of sp³-hybridized carbons (Fsp3) is 0.333. The van der Waals surface area contributed by atoms with Gasteiger partial charge in [-0.05, 0) is 37.7 Å². The highest BCUT2D eigenvalue weighted by atomic mass is 32.1. The first-order valence-electron chi connectivity index (χ1n) is 9.99. The Morgan fingerprint density at radius 1 is 1.16 bits per heavy atom. The van der Waals surface area contributed by atoms with E-state index in [4.69, 9.17) is 12.2 Å². The van der Waals surface area contributed by atoms with Gasteiger partial charge in [-0.25, -0.2) is 0 Å². The van der Waals surface area contributed by atoms with Crippen molar-refractivity contribution in [2.24, 2.45) is 0 Å². The zero-order chi connectivity index (χ0) is 23.0. The smallest absolute Gasteiger partial charge is 0.269 e. The van der Waals surface area contributed by atoms with Crippen molar-refractivity contribution in [2.75, 3.05) is 0 Å². The van der Waals surface area contributed by atoms with E-state index in [0.29, 0.717) is 22.8 Å². The largest absolute Gasteiger partial charge is 0.435 e. The minimum atomic E-state index is -4.48. The first-order valence-corrected chi connectivity index (χ1v) is 10.4. The summed E-state index contributed by atoms with van der Waals surface area (Å²) in [6, 6.07) is 9.24. The maximum atomic E-state index is 13.0. The van der Waals surface area contributed by atoms with Crippen molar-refractivity contribution in [3.05, 3.63) is 75.8 Å². The first kappa shape index (κ1) is 22.0. The molecule has 0 amide bonds. The van der Waals surface area contributed by atoms with Crippen molar-refractivity contribution in [2.45, 2.75) is 46.0 Å². The zero-order valence-corrected chi connectivity index (χ0v) is 18.6. The highest BCUT2D eigenvalue weighted by Crippen LogP contribution is 2.29. The SMILES string of the molecule is Cc1ccc(Cn2cc(-n3c([C@@H](C)Cn4nc(C(F)(F)F)cc4C)n[nH]c3=S)cn2)cc1. The Balaban J connectivity index is 1.57. The van der Waals surface area contributed by atoms with Crippen LogP contribution in [0.1, 0.15) is 41.2 Å². The summed E-state index contributed by atoms with van der Waals surface area (Å²) in [4.78, 5) is 0. The normalized spacial score (nSPS) is 12.9. The molecule has 3 heterocycles. The Labute approximate surface area is 187 Å². The van der Waals surface area contributed by atoms with Crippen LogP contribution in [0.4, 0.5) is 13.2 Å². The van der Waals surface area contributed by atoms with Gasteiger partial charge in [-0.3, -0.25) is 19.0 Å². The average Bonchev–Trinajstić information content (AvgIpc) is 3.42. The molecule has 3 aromatic heterocycles. The number of nitrogens with one attached hydrogen (secondary N) is 1. The molecule has 1 N–H and O–H groups in total. The standard InChI is InChI=1S/C21H22F3N7S/c1-13-4-6-16(7-5-13)11-29-12-17(9-25-29)31-19(26-27-20(31)32)14(2)10-30-15(3)8-18(28-30)21(22,23)24/h4-9,12,14H,10-11H2,1-3H3,(H,27,32)/t14-/m0/s1. The predicted molar refractivity (Wildman–Crippen MR) is 115 cm³/mol. The van der Waals surface area contributed by atoms with E-state index in [1.807, 2.05) is 32.2 Å². The van der Waals surface area contributed by atoms with E-state index in [-0.39, 0.29) is 12.5 Å². The highest BCUT2D eigenvalue weighted by Gasteiger charge is 2.34. The minimum Gasteiger partial charge on any atom is -0.269 e. The van der Waals surface area contributed by atoms with E-state index >= 15 is 0 Å². The summed E-state index contributed by atoms with van der Waals surface area (Å²) < 4.78 is 44.2. The van der Waals surface area contributed by atoms with Crippen LogP contribution in [0.2, 0.25) is 0 Å². The summed E-state index contributed by atoms with van der Waals surface area (Å²) in [7, 11) is 0. The molecule has 0 aliphatic heterocycles. The number of aromatic nitrogens is 7. The summed E-state index contributed by atoms with van der Waals surface area (Å²) in [5.74, 6) is 0.330. The lowest BCUT2D eigenvalue weighted by molar-refractivity contribution is -0.141. The molecule has 0 saturated heterocycles. The molecular formula is C21H22F3N7S. The summed E-state index contributed by atoms with van der Waals surface area (Å²) >= 11 is 5.41. The quantitative estimate of drug-likeness (QED) is 0.419. The van der Waals surface area contributed by atoms with Crippen molar-refractivity contribution >= 4 is 12.2 Å². The number of rotatable bonds is 6. The van der Waals surface area contributed by atoms with Gasteiger partial charge in [-0.1, -0.05) is 36.8 Å². The summed E-state index contributed by atoms with van der Waals surface area (Å²) in [6.07, 6.45) is -0.926. The number of aromatic amines is 1. The Morgan fingerprint density at radius 2 is 1.88 bits per heavy atom. The van der Waals surface area contributed by atoms with E-state index in [1.165, 1.54) is 10.2 Å². The Morgan fingerprint density at radius 3 is 2.53 bits per heavy atom. The van der Waals surface area contributed by atoms with Crippen molar-refractivity contribution in [1.29, 1.82) is 0 Å². The van der Waals surface area contributed by atoms with Crippen LogP contribution in [0, 0.1) is 18.6 Å². The second-order valence-corrected chi connectivity index (χ2v) is 8.24. The van der Waals surface area contributed by atoms with Gasteiger partial charge in [0.25, 0.3) is 0 Å². The van der Waals surface area contributed by atoms with Gasteiger partial charge in [-0.2, -0.15) is 28.5 Å². The number of halogens is 3. The number of H-pyrrole nitrogens is 1.